The van der Waals surface area contributed by atoms with Crippen molar-refractivity contribution in [2.45, 2.75) is 50.9 Å². The van der Waals surface area contributed by atoms with Gasteiger partial charge in [0.05, 0.1) is 25.9 Å². The van der Waals surface area contributed by atoms with Crippen LogP contribution in [0.3, 0.4) is 0 Å². The first-order valence-corrected chi connectivity index (χ1v) is 9.45. The van der Waals surface area contributed by atoms with Crippen LogP contribution in [0.5, 0.6) is 5.75 Å². The molecule has 1 fully saturated rings. The molecule has 0 radical (unpaired) electrons. The highest BCUT2D eigenvalue weighted by Gasteiger charge is 2.42. The number of carboxylic acids is 1. The second-order valence-electron chi connectivity index (χ2n) is 7.00. The molecule has 2 rings (SSSR count). The summed E-state index contributed by atoms with van der Waals surface area (Å²) in [5.74, 6) is -0.154. The number of hydrogen-bond acceptors (Lipinski definition) is 5. The average molecular weight is 378 g/mol. The van der Waals surface area contributed by atoms with Crippen LogP contribution in [0.1, 0.15) is 37.7 Å². The first-order chi connectivity index (χ1) is 13.0. The molecule has 150 valence electrons. The zero-order chi connectivity index (χ0) is 19.6. The smallest absolute Gasteiger partial charge is 0.303 e. The van der Waals surface area contributed by atoms with E-state index in [4.69, 9.17) is 14.6 Å². The van der Waals surface area contributed by atoms with Gasteiger partial charge in [-0.1, -0.05) is 24.3 Å². The van der Waals surface area contributed by atoms with Crippen molar-refractivity contribution in [3.05, 3.63) is 42.0 Å². The van der Waals surface area contributed by atoms with Crippen molar-refractivity contribution in [2.24, 2.45) is 11.8 Å². The predicted octanol–water partition coefficient (Wildman–Crippen LogP) is 2.77. The molecule has 6 nitrogen and oxygen atoms in total. The number of methoxy groups -OCH3 is 1. The molecule has 6 heteroatoms. The summed E-state index contributed by atoms with van der Waals surface area (Å²) in [6.45, 7) is 0.400. The van der Waals surface area contributed by atoms with Crippen molar-refractivity contribution >= 4 is 5.97 Å². The number of hydrogen-bond donors (Lipinski definition) is 3. The van der Waals surface area contributed by atoms with E-state index >= 15 is 0 Å². The molecule has 4 atom stereocenters. The van der Waals surface area contributed by atoms with Gasteiger partial charge in [0.2, 0.25) is 0 Å². The number of aliphatic hydroxyl groups excluding tert-OH is 2. The Morgan fingerprint density at radius 3 is 2.59 bits per heavy atom. The maximum atomic E-state index is 10.5. The fourth-order valence-electron chi connectivity index (χ4n) is 3.59. The van der Waals surface area contributed by atoms with Crippen LogP contribution in [-0.4, -0.2) is 47.2 Å². The number of aliphatic hydroxyl groups is 2. The Balaban J connectivity index is 1.82. The van der Waals surface area contributed by atoms with E-state index in [0.29, 0.717) is 32.3 Å². The third kappa shape index (κ3) is 6.65. The fourth-order valence-corrected chi connectivity index (χ4v) is 3.59. The lowest BCUT2D eigenvalue weighted by atomic mass is 9.91. The number of allylic oxidation sites excluding steroid dienone is 2. The van der Waals surface area contributed by atoms with Crippen LogP contribution in [0.15, 0.2) is 36.4 Å². The molecule has 0 aliphatic heterocycles. The largest absolute Gasteiger partial charge is 0.497 e. The molecule has 27 heavy (non-hydrogen) atoms. The molecule has 1 aliphatic rings. The van der Waals surface area contributed by atoms with Gasteiger partial charge < -0.3 is 24.8 Å². The van der Waals surface area contributed by atoms with Crippen molar-refractivity contribution in [1.82, 2.24) is 0 Å². The quantitative estimate of drug-likeness (QED) is 0.405. The maximum Gasteiger partial charge on any atom is 0.303 e. The molecule has 0 saturated heterocycles. The minimum atomic E-state index is -0.785. The van der Waals surface area contributed by atoms with Gasteiger partial charge in [0, 0.05) is 25.4 Å². The topological polar surface area (TPSA) is 96.2 Å². The number of carboxylic acid groups (broad SMARTS) is 1. The van der Waals surface area contributed by atoms with Crippen LogP contribution in [0.4, 0.5) is 0 Å². The zero-order valence-corrected chi connectivity index (χ0v) is 15.8. The van der Waals surface area contributed by atoms with Gasteiger partial charge in [-0.3, -0.25) is 4.79 Å². The molecular formula is C21H30O6. The number of rotatable bonds is 11. The summed E-state index contributed by atoms with van der Waals surface area (Å²) in [5.41, 5.74) is 1.02. The SMILES string of the molecule is COc1ccc(CO[C@@H]2C[C@H](O)[C@H](CC=CCCCC(=O)O)[C@H]2CO)cc1. The van der Waals surface area contributed by atoms with Gasteiger partial charge in [0.15, 0.2) is 0 Å². The van der Waals surface area contributed by atoms with Gasteiger partial charge in [-0.05, 0) is 42.9 Å². The Morgan fingerprint density at radius 1 is 1.22 bits per heavy atom. The highest BCUT2D eigenvalue weighted by atomic mass is 16.5. The summed E-state index contributed by atoms with van der Waals surface area (Å²) < 4.78 is 11.1. The van der Waals surface area contributed by atoms with Gasteiger partial charge in [0.1, 0.15) is 5.75 Å². The van der Waals surface area contributed by atoms with Crippen LogP contribution >= 0.6 is 0 Å². The molecule has 0 unspecified atom stereocenters. The third-order valence-electron chi connectivity index (χ3n) is 5.17. The van der Waals surface area contributed by atoms with Crippen molar-refractivity contribution in [2.75, 3.05) is 13.7 Å². The van der Waals surface area contributed by atoms with Crippen molar-refractivity contribution in [3.63, 3.8) is 0 Å². The summed E-state index contributed by atoms with van der Waals surface area (Å²) in [7, 11) is 1.62. The second kappa shape index (κ2) is 11.1. The normalized spacial score (nSPS) is 25.1. The number of benzene rings is 1. The van der Waals surface area contributed by atoms with Crippen molar-refractivity contribution < 1.29 is 29.6 Å². The lowest BCUT2D eigenvalue weighted by molar-refractivity contribution is -0.137. The first-order valence-electron chi connectivity index (χ1n) is 9.45. The molecule has 1 saturated carbocycles. The van der Waals surface area contributed by atoms with Crippen molar-refractivity contribution in [1.29, 1.82) is 0 Å². The van der Waals surface area contributed by atoms with Gasteiger partial charge in [0.25, 0.3) is 0 Å². The molecule has 1 aliphatic carbocycles. The molecule has 0 spiro atoms. The van der Waals surface area contributed by atoms with Gasteiger partial charge in [-0.15, -0.1) is 0 Å². The van der Waals surface area contributed by atoms with Crippen LogP contribution < -0.4 is 4.74 Å². The van der Waals surface area contributed by atoms with E-state index in [1.165, 1.54) is 0 Å². The first kappa shape index (κ1) is 21.4. The molecule has 1 aromatic rings. The average Bonchev–Trinajstić information content (AvgIpc) is 2.97. The molecular weight excluding hydrogens is 348 g/mol. The molecule has 0 bridgehead atoms. The lowest BCUT2D eigenvalue weighted by Gasteiger charge is -2.23. The third-order valence-corrected chi connectivity index (χ3v) is 5.17. The zero-order valence-electron chi connectivity index (χ0n) is 15.8. The summed E-state index contributed by atoms with van der Waals surface area (Å²) in [5, 5.41) is 28.8. The standard InChI is InChI=1S/C21H30O6/c1-26-16-10-8-15(9-11-16)14-27-20-12-19(23)17(18(20)13-22)6-4-2-3-5-7-21(24)25/h2,4,8-11,17-20,22-23H,3,5-7,12-14H2,1H3,(H,24,25)/t17-,18-,19+,20-/m1/s1. The maximum absolute atomic E-state index is 10.5. The Morgan fingerprint density at radius 2 is 1.96 bits per heavy atom. The summed E-state index contributed by atoms with van der Waals surface area (Å²) >= 11 is 0. The summed E-state index contributed by atoms with van der Waals surface area (Å²) in [6, 6.07) is 7.64. The second-order valence-corrected chi connectivity index (χ2v) is 7.00. The minimum Gasteiger partial charge on any atom is -0.497 e. The van der Waals surface area contributed by atoms with E-state index < -0.39 is 12.1 Å². The summed E-state index contributed by atoms with van der Waals surface area (Å²) in [4.78, 5) is 10.5. The molecule has 0 aromatic heterocycles. The number of ether oxygens (including phenoxy) is 2. The predicted molar refractivity (Wildman–Crippen MR) is 102 cm³/mol. The Bertz CT molecular complexity index is 597. The van der Waals surface area contributed by atoms with Gasteiger partial charge >= 0.3 is 5.97 Å². The number of unbranched alkanes of at least 4 members (excludes halogenated alkanes) is 1. The van der Waals surface area contributed by atoms with Crippen LogP contribution in [0.25, 0.3) is 0 Å². The van der Waals surface area contributed by atoms with E-state index in [0.717, 1.165) is 11.3 Å². The monoisotopic (exact) mass is 378 g/mol. The summed E-state index contributed by atoms with van der Waals surface area (Å²) in [6.07, 6.45) is 5.88. The Kier molecular flexibility index (Phi) is 8.78. The Hall–Kier alpha value is -1.89. The molecule has 3 N–H and O–H groups in total. The highest BCUT2D eigenvalue weighted by Crippen LogP contribution is 2.37. The van der Waals surface area contributed by atoms with Crippen LogP contribution in [-0.2, 0) is 16.1 Å². The van der Waals surface area contributed by atoms with Crippen LogP contribution in [0.2, 0.25) is 0 Å². The van der Waals surface area contributed by atoms with Gasteiger partial charge in [-0.2, -0.15) is 0 Å². The van der Waals surface area contributed by atoms with Crippen LogP contribution in [0, 0.1) is 11.8 Å². The number of carbonyl (C=O) groups is 1. The Labute approximate surface area is 160 Å². The van der Waals surface area contributed by atoms with E-state index in [1.54, 1.807) is 7.11 Å². The van der Waals surface area contributed by atoms with E-state index in [2.05, 4.69) is 0 Å². The lowest BCUT2D eigenvalue weighted by Crippen LogP contribution is -2.26. The number of aliphatic carboxylic acids is 1. The molecule has 0 amide bonds. The van der Waals surface area contributed by atoms with E-state index in [-0.39, 0.29) is 31.0 Å². The molecule has 0 heterocycles. The van der Waals surface area contributed by atoms with E-state index in [1.807, 2.05) is 36.4 Å². The van der Waals surface area contributed by atoms with E-state index in [9.17, 15) is 15.0 Å². The van der Waals surface area contributed by atoms with Gasteiger partial charge in [-0.25, -0.2) is 0 Å². The minimum absolute atomic E-state index is 0.0259. The van der Waals surface area contributed by atoms with Crippen molar-refractivity contribution in [3.8, 4) is 5.75 Å². The highest BCUT2D eigenvalue weighted by molar-refractivity contribution is 5.66. The fraction of sp³-hybridized carbons (Fsp3) is 0.571. The molecule has 1 aromatic carbocycles.